The quantitative estimate of drug-likeness (QED) is 0.0925. The van der Waals surface area contributed by atoms with Crippen LogP contribution in [-0.2, 0) is 65.7 Å². The molecule has 0 spiro atoms. The van der Waals surface area contributed by atoms with Crippen molar-refractivity contribution in [1.82, 2.24) is 31.1 Å². The van der Waals surface area contributed by atoms with Crippen molar-refractivity contribution in [1.29, 1.82) is 0 Å². The van der Waals surface area contributed by atoms with Gasteiger partial charge in [0.15, 0.2) is 6.10 Å². The fourth-order valence-corrected chi connectivity index (χ4v) is 7.84. The highest BCUT2D eigenvalue weighted by atomic mass is 32.3. The number of aliphatic hydroxyl groups excluding tert-OH is 2. The number of piperidine rings is 1. The van der Waals surface area contributed by atoms with Gasteiger partial charge in [-0.05, 0) is 61.3 Å². The summed E-state index contributed by atoms with van der Waals surface area (Å²) in [6, 6.07) is 5.52. The molecule has 2 heterocycles. The number of hydrogen-bond acceptors (Lipinski definition) is 14. The molecular formula is C43H60N6O15S. The van der Waals surface area contributed by atoms with E-state index in [9.17, 15) is 57.3 Å². The second-order valence-electron chi connectivity index (χ2n) is 16.8. The maximum Gasteiger partial charge on any atom is 0.397 e. The van der Waals surface area contributed by atoms with Crippen LogP contribution in [0.2, 0.25) is 0 Å². The van der Waals surface area contributed by atoms with Crippen LogP contribution >= 0.6 is 0 Å². The number of benzene rings is 2. The largest absolute Gasteiger partial charge is 0.508 e. The van der Waals surface area contributed by atoms with Gasteiger partial charge in [0.2, 0.25) is 29.5 Å². The molecule has 2 fully saturated rings. The average molecular weight is 933 g/mol. The topological polar surface area (TPSA) is 308 Å². The molecule has 2 aromatic rings. The summed E-state index contributed by atoms with van der Waals surface area (Å²) in [6.45, 7) is 6.75. The lowest BCUT2D eigenvalue weighted by atomic mass is 9.94. The van der Waals surface area contributed by atoms with Gasteiger partial charge in [0.1, 0.15) is 60.9 Å². The van der Waals surface area contributed by atoms with Crippen LogP contribution in [0.15, 0.2) is 54.6 Å². The minimum Gasteiger partial charge on any atom is -0.508 e. The van der Waals surface area contributed by atoms with E-state index in [2.05, 4.69) is 25.5 Å². The van der Waals surface area contributed by atoms with Crippen molar-refractivity contribution in [3.8, 4) is 5.75 Å². The van der Waals surface area contributed by atoms with Crippen LogP contribution in [0.1, 0.15) is 71.4 Å². The Kier molecular flexibility index (Phi) is 18.4. The van der Waals surface area contributed by atoms with Gasteiger partial charge in [-0.3, -0.25) is 33.3 Å². The zero-order chi connectivity index (χ0) is 48.3. The predicted molar refractivity (Wildman–Crippen MR) is 230 cm³/mol. The molecule has 4 rings (SSSR count). The Balaban J connectivity index is 1.88. The van der Waals surface area contributed by atoms with E-state index in [0.29, 0.717) is 11.1 Å². The minimum absolute atomic E-state index is 0.0328. The van der Waals surface area contributed by atoms with Crippen molar-refractivity contribution in [2.45, 2.75) is 128 Å². The third-order valence-electron chi connectivity index (χ3n) is 11.4. The van der Waals surface area contributed by atoms with Gasteiger partial charge >= 0.3 is 16.4 Å². The third kappa shape index (κ3) is 14.4. The Morgan fingerprint density at radius 1 is 0.877 bits per heavy atom. The summed E-state index contributed by atoms with van der Waals surface area (Å²) in [5.74, 6) is -7.94. The summed E-state index contributed by atoms with van der Waals surface area (Å²) in [5.41, 5.74) is 1.08. The molecule has 0 unspecified atom stereocenters. The van der Waals surface area contributed by atoms with Crippen LogP contribution in [0, 0.1) is 11.8 Å². The molecule has 358 valence electrons. The lowest BCUT2D eigenvalue weighted by Crippen LogP contribution is -2.65. The number of nitrogens with one attached hydrogen (secondary N) is 4. The Morgan fingerprint density at radius 3 is 2.09 bits per heavy atom. The van der Waals surface area contributed by atoms with E-state index in [0.717, 1.165) is 9.80 Å². The Labute approximate surface area is 377 Å². The van der Waals surface area contributed by atoms with Gasteiger partial charge in [-0.15, -0.1) is 0 Å². The maximum absolute atomic E-state index is 15.0. The summed E-state index contributed by atoms with van der Waals surface area (Å²) in [4.78, 5) is 102. The predicted octanol–water partition coefficient (Wildman–Crippen LogP) is -0.529. The number of esters is 1. The Hall–Kier alpha value is -5.68. The fourth-order valence-electron chi connectivity index (χ4n) is 7.54. The molecule has 2 aliphatic heterocycles. The number of rotatable bonds is 13. The number of phenols is 1. The van der Waals surface area contributed by atoms with Crippen LogP contribution in [0.3, 0.4) is 0 Å². The highest BCUT2D eigenvalue weighted by Crippen LogP contribution is 2.26. The number of carbonyl (C=O) groups excluding carboxylic acids is 7. The second kappa shape index (κ2) is 23.0. The zero-order valence-corrected chi connectivity index (χ0v) is 37.9. The number of amides is 6. The number of cyclic esters (lactones) is 1. The number of carbonyl (C=O) groups is 7. The van der Waals surface area contributed by atoms with Gasteiger partial charge < -0.3 is 51.1 Å². The van der Waals surface area contributed by atoms with Crippen LogP contribution < -0.4 is 21.3 Å². The van der Waals surface area contributed by atoms with Crippen LogP contribution in [0.5, 0.6) is 5.75 Å². The molecule has 65 heavy (non-hydrogen) atoms. The minimum atomic E-state index is -5.11. The molecular weight excluding hydrogens is 873 g/mol. The molecule has 2 aromatic carbocycles. The fraction of sp³-hybridized carbons (Fsp3) is 0.558. The molecule has 6 amide bonds. The van der Waals surface area contributed by atoms with Gasteiger partial charge in [0.25, 0.3) is 5.91 Å². The van der Waals surface area contributed by atoms with Crippen molar-refractivity contribution >= 4 is 51.8 Å². The van der Waals surface area contributed by atoms with Crippen LogP contribution in [-0.4, -0.2) is 148 Å². The number of aromatic hydroxyl groups is 1. The molecule has 0 aromatic heterocycles. The summed E-state index contributed by atoms with van der Waals surface area (Å²) in [5, 5.41) is 41.9. The molecule has 10 atom stereocenters. The van der Waals surface area contributed by atoms with Crippen molar-refractivity contribution in [2.24, 2.45) is 11.8 Å². The van der Waals surface area contributed by atoms with Crippen molar-refractivity contribution in [3.63, 3.8) is 0 Å². The number of ether oxygens (including phenoxy) is 1. The first-order valence-corrected chi connectivity index (χ1v) is 22.7. The number of fused-ring (bicyclic) bond motifs is 2. The summed E-state index contributed by atoms with van der Waals surface area (Å²) in [6.07, 6.45) is -5.65. The molecule has 2 bridgehead atoms. The SMILES string of the molecule is CC[C@@H](C)[C@@H]1NC(=O)[C@H](Cc2ccc(O)cc2)N(C)C(=O)[C@H](Cc2ccccc2)N2C(=O)[C@H](CC[C@H]2O)NC(=O)[C@H](CC(C)C)NC(=O)[C@@H](NC(=O)[C@@H](O)COS(=O)(=O)O)[C@@H](C)OC1=O. The number of phenolic OH excluding ortho intramolecular Hbond substituents is 1. The number of aliphatic hydroxyl groups is 2. The Bertz CT molecular complexity index is 2130. The highest BCUT2D eigenvalue weighted by molar-refractivity contribution is 7.80. The lowest BCUT2D eigenvalue weighted by Gasteiger charge is -2.43. The second-order valence-corrected chi connectivity index (χ2v) is 17.9. The zero-order valence-electron chi connectivity index (χ0n) is 37.1. The summed E-state index contributed by atoms with van der Waals surface area (Å²) < 4.78 is 41.1. The first-order chi connectivity index (χ1) is 30.5. The lowest BCUT2D eigenvalue weighted by molar-refractivity contribution is -0.165. The van der Waals surface area contributed by atoms with Gasteiger partial charge in [-0.1, -0.05) is 76.6 Å². The summed E-state index contributed by atoms with van der Waals surface area (Å²) in [7, 11) is -3.77. The van der Waals surface area contributed by atoms with Gasteiger partial charge in [-0.25, -0.2) is 8.98 Å². The van der Waals surface area contributed by atoms with Crippen LogP contribution in [0.4, 0.5) is 0 Å². The van der Waals surface area contributed by atoms with Crippen molar-refractivity contribution in [2.75, 3.05) is 13.7 Å². The molecule has 2 aliphatic rings. The van der Waals surface area contributed by atoms with Gasteiger partial charge in [0.05, 0.1) is 0 Å². The summed E-state index contributed by atoms with van der Waals surface area (Å²) >= 11 is 0. The molecule has 2 saturated heterocycles. The van der Waals surface area contributed by atoms with Crippen molar-refractivity contribution in [3.05, 3.63) is 65.7 Å². The van der Waals surface area contributed by atoms with E-state index < -0.39 is 119 Å². The van der Waals surface area contributed by atoms with Crippen LogP contribution in [0.25, 0.3) is 0 Å². The molecule has 21 nitrogen and oxygen atoms in total. The number of hydrogen-bond donors (Lipinski definition) is 8. The van der Waals surface area contributed by atoms with E-state index in [1.165, 1.54) is 38.2 Å². The van der Waals surface area contributed by atoms with Gasteiger partial charge in [0, 0.05) is 19.9 Å². The van der Waals surface area contributed by atoms with E-state index in [4.69, 9.17) is 9.29 Å². The Morgan fingerprint density at radius 2 is 1.49 bits per heavy atom. The maximum atomic E-state index is 15.0. The average Bonchev–Trinajstić information content (AvgIpc) is 3.25. The highest BCUT2D eigenvalue weighted by Gasteiger charge is 2.46. The first-order valence-electron chi connectivity index (χ1n) is 21.3. The standard InChI is InChI=1S/C43H60N6O15S/c1-7-24(4)35-43(59)64-25(5)36(47-39(55)33(51)22-63-65(60,61)62)40(56)45-30(19-23(2)3)37(53)44-29-17-18-34(52)49(41(29)57)32(21-26-11-9-8-10-12-26)42(58)48(6)31(38(54)46-35)20-27-13-15-28(50)16-14-27/h8-16,23-25,29-36,50-52H,7,17-22H2,1-6H3,(H,44,53)(H,45,56)(H,46,54)(H,47,55)(H,60,61,62)/t24-,25-,29+,30+,31+,32+,33+,34-,35+,36+/m1/s1. The smallest absolute Gasteiger partial charge is 0.397 e. The van der Waals surface area contributed by atoms with E-state index >= 15 is 0 Å². The first kappa shape index (κ1) is 51.9. The number of nitrogens with zero attached hydrogens (tertiary/aromatic N) is 2. The normalized spacial score (nSPS) is 26.4. The molecule has 8 N–H and O–H groups in total. The van der Waals surface area contributed by atoms with Crippen molar-refractivity contribution < 1.29 is 70.8 Å². The molecule has 22 heteroatoms. The molecule has 0 radical (unpaired) electrons. The molecule has 0 aliphatic carbocycles. The molecule has 0 saturated carbocycles. The third-order valence-corrected chi connectivity index (χ3v) is 11.8. The van der Waals surface area contributed by atoms with E-state index in [1.807, 2.05) is 0 Å². The van der Waals surface area contributed by atoms with E-state index in [-0.39, 0.29) is 50.2 Å². The number of likely N-dealkylation sites (N-methyl/N-ethyl adjacent to an activating group) is 1. The van der Waals surface area contributed by atoms with Gasteiger partial charge in [-0.2, -0.15) is 8.42 Å². The monoisotopic (exact) mass is 932 g/mol. The van der Waals surface area contributed by atoms with E-state index in [1.54, 1.807) is 58.0 Å².